The van der Waals surface area contributed by atoms with E-state index in [-0.39, 0.29) is 18.2 Å². The van der Waals surface area contributed by atoms with Gasteiger partial charge in [-0.1, -0.05) is 17.7 Å². The van der Waals surface area contributed by atoms with Crippen molar-refractivity contribution < 1.29 is 19.2 Å². The molecule has 0 atom stereocenters. The van der Waals surface area contributed by atoms with Crippen molar-refractivity contribution in [3.8, 4) is 11.5 Å². The van der Waals surface area contributed by atoms with Crippen molar-refractivity contribution >= 4 is 51.9 Å². The standard InChI is InChI=1S/C23H22IN5O5/c1-3-33-20-11-16(12-26-28-21-9-8-18(13-25-21)29(31)32)10-19(24)23(20)34-14-22(30)27-17-6-4-15(2)5-7-17/h4-13H,3,14H2,1-2H3,(H,25,28)(H,27,30)/b26-12+. The molecule has 10 nitrogen and oxygen atoms in total. The van der Waals surface area contributed by atoms with Gasteiger partial charge in [0.2, 0.25) is 0 Å². The molecule has 176 valence electrons. The van der Waals surface area contributed by atoms with E-state index in [2.05, 4.69) is 43.4 Å². The summed E-state index contributed by atoms with van der Waals surface area (Å²) in [4.78, 5) is 26.4. The van der Waals surface area contributed by atoms with E-state index in [1.54, 1.807) is 12.3 Å². The Morgan fingerprint density at radius 2 is 1.97 bits per heavy atom. The molecule has 3 aromatic rings. The fraction of sp³-hybridized carbons (Fsp3) is 0.174. The normalized spacial score (nSPS) is 10.7. The number of aryl methyl sites for hydroxylation is 1. The number of anilines is 2. The number of hydrogen-bond donors (Lipinski definition) is 2. The first-order chi connectivity index (χ1) is 16.4. The highest BCUT2D eigenvalue weighted by Gasteiger charge is 2.14. The van der Waals surface area contributed by atoms with Crippen molar-refractivity contribution in [1.29, 1.82) is 0 Å². The number of nitro groups is 1. The largest absolute Gasteiger partial charge is 0.490 e. The number of nitrogens with one attached hydrogen (secondary N) is 2. The van der Waals surface area contributed by atoms with E-state index in [1.165, 1.54) is 12.1 Å². The highest BCUT2D eigenvalue weighted by atomic mass is 127. The molecule has 0 unspecified atom stereocenters. The molecule has 2 N–H and O–H groups in total. The summed E-state index contributed by atoms with van der Waals surface area (Å²) in [5.74, 6) is 1.02. The van der Waals surface area contributed by atoms with Gasteiger partial charge in [-0.25, -0.2) is 4.98 Å². The average molecular weight is 575 g/mol. The first kappa shape index (κ1) is 24.9. The van der Waals surface area contributed by atoms with Gasteiger partial charge in [0.15, 0.2) is 18.1 Å². The molecule has 0 aliphatic rings. The van der Waals surface area contributed by atoms with Crippen molar-refractivity contribution in [3.63, 3.8) is 0 Å². The number of nitrogens with zero attached hydrogens (tertiary/aromatic N) is 3. The average Bonchev–Trinajstić information content (AvgIpc) is 2.80. The third kappa shape index (κ3) is 7.13. The summed E-state index contributed by atoms with van der Waals surface area (Å²) in [6, 6.07) is 13.9. The molecule has 0 fully saturated rings. The maximum Gasteiger partial charge on any atom is 0.287 e. The molecule has 2 aromatic carbocycles. The summed E-state index contributed by atoms with van der Waals surface area (Å²) < 4.78 is 12.2. The summed E-state index contributed by atoms with van der Waals surface area (Å²) in [5.41, 5.74) is 5.14. The van der Waals surface area contributed by atoms with Gasteiger partial charge in [-0.05, 0) is 72.3 Å². The van der Waals surface area contributed by atoms with Crippen LogP contribution < -0.4 is 20.2 Å². The van der Waals surface area contributed by atoms with Crippen LogP contribution >= 0.6 is 22.6 Å². The van der Waals surface area contributed by atoms with Gasteiger partial charge in [0.25, 0.3) is 11.6 Å². The number of halogens is 1. The molecule has 11 heteroatoms. The van der Waals surface area contributed by atoms with E-state index in [9.17, 15) is 14.9 Å². The molecule has 0 spiro atoms. The van der Waals surface area contributed by atoms with Crippen molar-refractivity contribution in [2.24, 2.45) is 5.10 Å². The Balaban J connectivity index is 1.65. The van der Waals surface area contributed by atoms with Crippen LogP contribution in [-0.2, 0) is 4.79 Å². The highest BCUT2D eigenvalue weighted by molar-refractivity contribution is 14.1. The van der Waals surface area contributed by atoms with E-state index < -0.39 is 4.92 Å². The Hall–Kier alpha value is -3.74. The summed E-state index contributed by atoms with van der Waals surface area (Å²) in [6.07, 6.45) is 2.71. The lowest BCUT2D eigenvalue weighted by atomic mass is 10.2. The van der Waals surface area contributed by atoms with Crippen LogP contribution in [0.1, 0.15) is 18.1 Å². The first-order valence-electron chi connectivity index (χ1n) is 10.2. The molecule has 0 aliphatic heterocycles. The lowest BCUT2D eigenvalue weighted by molar-refractivity contribution is -0.385. The minimum atomic E-state index is -0.521. The predicted molar refractivity (Wildman–Crippen MR) is 138 cm³/mol. The molecule has 0 saturated carbocycles. The van der Waals surface area contributed by atoms with Gasteiger partial charge in [-0.15, -0.1) is 0 Å². The van der Waals surface area contributed by atoms with Crippen LogP contribution in [0, 0.1) is 20.6 Å². The second kappa shape index (κ2) is 11.9. The van der Waals surface area contributed by atoms with Crippen LogP contribution in [0.3, 0.4) is 0 Å². The second-order valence-electron chi connectivity index (χ2n) is 6.99. The molecular formula is C23H22IN5O5. The minimum Gasteiger partial charge on any atom is -0.490 e. The number of carbonyl (C=O) groups is 1. The van der Waals surface area contributed by atoms with Crippen LogP contribution in [0.25, 0.3) is 0 Å². The van der Waals surface area contributed by atoms with Crippen LogP contribution in [0.2, 0.25) is 0 Å². The number of pyridine rings is 1. The maximum absolute atomic E-state index is 12.3. The van der Waals surface area contributed by atoms with Gasteiger partial charge in [0.05, 0.1) is 21.3 Å². The van der Waals surface area contributed by atoms with E-state index in [1.807, 2.05) is 44.2 Å². The Bertz CT molecular complexity index is 1180. The summed E-state index contributed by atoms with van der Waals surface area (Å²) >= 11 is 2.10. The van der Waals surface area contributed by atoms with E-state index in [4.69, 9.17) is 9.47 Å². The maximum atomic E-state index is 12.3. The molecule has 0 bridgehead atoms. The quantitative estimate of drug-likeness (QED) is 0.154. The molecule has 1 amide bonds. The lowest BCUT2D eigenvalue weighted by Gasteiger charge is -2.14. The smallest absolute Gasteiger partial charge is 0.287 e. The van der Waals surface area contributed by atoms with Gasteiger partial charge in [0.1, 0.15) is 12.0 Å². The number of amides is 1. The SMILES string of the molecule is CCOc1cc(/C=N/Nc2ccc([N+](=O)[O-])cn2)cc(I)c1OCC(=O)Nc1ccc(C)cc1. The number of carbonyl (C=O) groups excluding carboxylic acids is 1. The molecular weight excluding hydrogens is 553 g/mol. The number of hydrogen-bond acceptors (Lipinski definition) is 8. The van der Waals surface area contributed by atoms with Crippen LogP contribution in [0.5, 0.6) is 11.5 Å². The number of rotatable bonds is 10. The van der Waals surface area contributed by atoms with Gasteiger partial charge in [-0.3, -0.25) is 20.3 Å². The van der Waals surface area contributed by atoms with Crippen molar-refractivity contribution in [1.82, 2.24) is 4.98 Å². The number of aromatic nitrogens is 1. The van der Waals surface area contributed by atoms with Crippen LogP contribution in [0.15, 0.2) is 59.8 Å². The van der Waals surface area contributed by atoms with Gasteiger partial charge >= 0.3 is 0 Å². The molecule has 34 heavy (non-hydrogen) atoms. The Kier molecular flexibility index (Phi) is 8.73. The third-order valence-electron chi connectivity index (χ3n) is 4.37. The summed E-state index contributed by atoms with van der Waals surface area (Å²) in [6.45, 7) is 4.06. The Morgan fingerprint density at radius 1 is 1.21 bits per heavy atom. The molecule has 3 rings (SSSR count). The topological polar surface area (TPSA) is 128 Å². The molecule has 0 aliphatic carbocycles. The van der Waals surface area contributed by atoms with Gasteiger partial charge in [-0.2, -0.15) is 5.10 Å². The lowest BCUT2D eigenvalue weighted by Crippen LogP contribution is -2.20. The fourth-order valence-electron chi connectivity index (χ4n) is 2.77. The monoisotopic (exact) mass is 575 g/mol. The summed E-state index contributed by atoms with van der Waals surface area (Å²) in [7, 11) is 0. The molecule has 0 saturated heterocycles. The first-order valence-corrected chi connectivity index (χ1v) is 11.3. The number of hydrazone groups is 1. The highest BCUT2D eigenvalue weighted by Crippen LogP contribution is 2.34. The van der Waals surface area contributed by atoms with Crippen LogP contribution in [-0.4, -0.2) is 35.2 Å². The van der Waals surface area contributed by atoms with Crippen molar-refractivity contribution in [2.45, 2.75) is 13.8 Å². The molecule has 1 heterocycles. The number of benzene rings is 2. The molecule has 1 aromatic heterocycles. The Morgan fingerprint density at radius 3 is 2.62 bits per heavy atom. The van der Waals surface area contributed by atoms with E-state index >= 15 is 0 Å². The van der Waals surface area contributed by atoms with Crippen LogP contribution in [0.4, 0.5) is 17.2 Å². The third-order valence-corrected chi connectivity index (χ3v) is 5.17. The van der Waals surface area contributed by atoms with Gasteiger partial charge in [0, 0.05) is 11.8 Å². The van der Waals surface area contributed by atoms with E-state index in [0.29, 0.717) is 29.6 Å². The van der Waals surface area contributed by atoms with Crippen molar-refractivity contribution in [3.05, 3.63) is 79.5 Å². The van der Waals surface area contributed by atoms with Crippen molar-refractivity contribution in [2.75, 3.05) is 24.0 Å². The van der Waals surface area contributed by atoms with Gasteiger partial charge < -0.3 is 14.8 Å². The zero-order valence-electron chi connectivity index (χ0n) is 18.4. The molecule has 0 radical (unpaired) electrons. The zero-order valence-corrected chi connectivity index (χ0v) is 20.6. The van der Waals surface area contributed by atoms with E-state index in [0.717, 1.165) is 20.9 Å². The summed E-state index contributed by atoms with van der Waals surface area (Å²) in [5, 5.41) is 17.6. The Labute approximate surface area is 209 Å². The second-order valence-corrected chi connectivity index (χ2v) is 8.16. The fourth-order valence-corrected chi connectivity index (χ4v) is 3.55. The predicted octanol–water partition coefficient (Wildman–Crippen LogP) is 4.77. The number of ether oxygens (including phenoxy) is 2. The zero-order chi connectivity index (χ0) is 24.5. The minimum absolute atomic E-state index is 0.103.